The van der Waals surface area contributed by atoms with Gasteiger partial charge in [-0.15, -0.1) is 0 Å². The van der Waals surface area contributed by atoms with Gasteiger partial charge in [-0.2, -0.15) is 0 Å². The highest BCUT2D eigenvalue weighted by atomic mass is 19.1. The second-order valence-corrected chi connectivity index (χ2v) is 4.64. The first-order valence-corrected chi connectivity index (χ1v) is 6.12. The van der Waals surface area contributed by atoms with Crippen molar-refractivity contribution in [3.63, 3.8) is 0 Å². The molecule has 2 rings (SSSR count). The molecule has 0 spiro atoms. The van der Waals surface area contributed by atoms with Crippen molar-refractivity contribution >= 4 is 5.82 Å². The Bertz CT molecular complexity index is 555. The van der Waals surface area contributed by atoms with E-state index >= 15 is 0 Å². The van der Waals surface area contributed by atoms with E-state index in [0.717, 1.165) is 5.56 Å². The number of aliphatic hydroxyl groups excluding tert-OH is 1. The summed E-state index contributed by atoms with van der Waals surface area (Å²) in [4.78, 5) is 5.95. The number of nitrogens with zero attached hydrogens (tertiary/aromatic N) is 2. The zero-order valence-corrected chi connectivity index (χ0v) is 11.1. The van der Waals surface area contributed by atoms with E-state index in [4.69, 9.17) is 0 Å². The van der Waals surface area contributed by atoms with E-state index < -0.39 is 5.82 Å². The fourth-order valence-corrected chi connectivity index (χ4v) is 1.98. The van der Waals surface area contributed by atoms with Gasteiger partial charge < -0.3 is 10.0 Å². The Morgan fingerprint density at radius 3 is 2.58 bits per heavy atom. The molecule has 0 bridgehead atoms. The molecule has 1 aromatic heterocycles. The van der Waals surface area contributed by atoms with Crippen LogP contribution in [0.25, 0.3) is 0 Å². The molecule has 19 heavy (non-hydrogen) atoms. The highest BCUT2D eigenvalue weighted by Crippen LogP contribution is 2.19. The molecule has 0 amide bonds. The summed E-state index contributed by atoms with van der Waals surface area (Å²) in [6.07, 6.45) is 1.17. The normalized spacial score (nSPS) is 10.5. The average molecular weight is 260 g/mol. The summed E-state index contributed by atoms with van der Waals surface area (Å²) in [6.45, 7) is 2.48. The van der Waals surface area contributed by atoms with Gasteiger partial charge in [0.2, 0.25) is 0 Å². The van der Waals surface area contributed by atoms with Gasteiger partial charge in [0.25, 0.3) is 0 Å². The highest BCUT2D eigenvalue weighted by molar-refractivity contribution is 5.46. The van der Waals surface area contributed by atoms with E-state index in [1.54, 1.807) is 0 Å². The molecular weight excluding hydrogens is 243 g/mol. The molecule has 0 aliphatic carbocycles. The fourth-order valence-electron chi connectivity index (χ4n) is 1.98. The quantitative estimate of drug-likeness (QED) is 0.918. The topological polar surface area (TPSA) is 36.4 Å². The predicted octanol–water partition coefficient (Wildman–Crippen LogP) is 2.66. The molecule has 100 valence electrons. The number of aliphatic hydroxyl groups is 1. The predicted molar refractivity (Wildman–Crippen MR) is 73.4 cm³/mol. The van der Waals surface area contributed by atoms with Gasteiger partial charge in [-0.1, -0.05) is 29.8 Å². The van der Waals surface area contributed by atoms with Crippen LogP contribution in [0.5, 0.6) is 0 Å². The summed E-state index contributed by atoms with van der Waals surface area (Å²) in [7, 11) is 1.87. The maximum Gasteiger partial charge on any atom is 0.142 e. The van der Waals surface area contributed by atoms with Crippen molar-refractivity contribution in [1.82, 2.24) is 4.98 Å². The zero-order chi connectivity index (χ0) is 13.8. The van der Waals surface area contributed by atoms with E-state index in [1.165, 1.54) is 17.8 Å². The van der Waals surface area contributed by atoms with Crippen LogP contribution in [0.3, 0.4) is 0 Å². The Hall–Kier alpha value is -1.94. The van der Waals surface area contributed by atoms with Crippen LogP contribution in [0.4, 0.5) is 10.2 Å². The molecule has 0 fully saturated rings. The van der Waals surface area contributed by atoms with Gasteiger partial charge in [0.15, 0.2) is 0 Å². The van der Waals surface area contributed by atoms with Gasteiger partial charge in [0.1, 0.15) is 11.6 Å². The zero-order valence-electron chi connectivity index (χ0n) is 11.1. The lowest BCUT2D eigenvalue weighted by atomic mass is 10.1. The lowest BCUT2D eigenvalue weighted by Crippen LogP contribution is -2.19. The average Bonchev–Trinajstić information content (AvgIpc) is 2.41. The summed E-state index contributed by atoms with van der Waals surface area (Å²) >= 11 is 0. The molecule has 0 atom stereocenters. The lowest BCUT2D eigenvalue weighted by Gasteiger charge is -2.20. The molecule has 4 heteroatoms. The van der Waals surface area contributed by atoms with Crippen molar-refractivity contribution in [3.05, 3.63) is 59.0 Å². The monoisotopic (exact) mass is 260 g/mol. The first-order valence-electron chi connectivity index (χ1n) is 6.12. The maximum absolute atomic E-state index is 13.1. The number of anilines is 1. The van der Waals surface area contributed by atoms with Crippen LogP contribution in [0.2, 0.25) is 0 Å². The summed E-state index contributed by atoms with van der Waals surface area (Å²) < 4.78 is 13.1. The first-order chi connectivity index (χ1) is 9.10. The second-order valence-electron chi connectivity index (χ2n) is 4.64. The highest BCUT2D eigenvalue weighted by Gasteiger charge is 2.10. The third kappa shape index (κ3) is 3.29. The summed E-state index contributed by atoms with van der Waals surface area (Å²) in [5.74, 6) is 0.168. The van der Waals surface area contributed by atoms with Crippen molar-refractivity contribution in [2.24, 2.45) is 0 Å². The number of halogens is 1. The minimum absolute atomic E-state index is 0.224. The second kappa shape index (κ2) is 5.80. The van der Waals surface area contributed by atoms with Crippen LogP contribution in [0, 0.1) is 12.7 Å². The van der Waals surface area contributed by atoms with Gasteiger partial charge in [-0.05, 0) is 18.6 Å². The molecule has 0 saturated carbocycles. The SMILES string of the molecule is Cc1ccc(CN(C)c2ncc(F)cc2CO)cc1. The number of pyridine rings is 1. The van der Waals surface area contributed by atoms with Gasteiger partial charge in [0.05, 0.1) is 12.8 Å². The van der Waals surface area contributed by atoms with Gasteiger partial charge in [-0.3, -0.25) is 0 Å². The molecule has 1 N–H and O–H groups in total. The number of hydrogen-bond acceptors (Lipinski definition) is 3. The van der Waals surface area contributed by atoms with Crippen molar-refractivity contribution in [3.8, 4) is 0 Å². The molecule has 0 saturated heterocycles. The van der Waals surface area contributed by atoms with E-state index in [9.17, 15) is 9.50 Å². The first kappa shape index (κ1) is 13.5. The number of rotatable bonds is 4. The Kier molecular flexibility index (Phi) is 4.12. The Morgan fingerprint density at radius 2 is 1.95 bits per heavy atom. The molecule has 2 aromatic rings. The van der Waals surface area contributed by atoms with Crippen LogP contribution in [-0.2, 0) is 13.2 Å². The molecule has 0 radical (unpaired) electrons. The number of benzene rings is 1. The molecule has 0 aliphatic rings. The standard InChI is InChI=1S/C15H17FN2O/c1-11-3-5-12(6-4-11)9-18(2)15-13(10-19)7-14(16)8-17-15/h3-8,19H,9-10H2,1-2H3. The van der Waals surface area contributed by atoms with Gasteiger partial charge in [0, 0.05) is 19.2 Å². The number of hydrogen-bond donors (Lipinski definition) is 1. The Morgan fingerprint density at radius 1 is 1.26 bits per heavy atom. The van der Waals surface area contributed by atoms with Crippen LogP contribution in [-0.4, -0.2) is 17.1 Å². The van der Waals surface area contributed by atoms with E-state index in [2.05, 4.69) is 4.98 Å². The van der Waals surface area contributed by atoms with Crippen molar-refractivity contribution < 1.29 is 9.50 Å². The fraction of sp³-hybridized carbons (Fsp3) is 0.267. The maximum atomic E-state index is 13.1. The molecule has 1 aromatic carbocycles. The van der Waals surface area contributed by atoms with Gasteiger partial charge >= 0.3 is 0 Å². The van der Waals surface area contributed by atoms with Crippen LogP contribution in [0.1, 0.15) is 16.7 Å². The van der Waals surface area contributed by atoms with Gasteiger partial charge in [-0.25, -0.2) is 9.37 Å². The number of aromatic nitrogens is 1. The summed E-state index contributed by atoms with van der Waals surface area (Å²) in [6, 6.07) is 9.51. The van der Waals surface area contributed by atoms with Crippen molar-refractivity contribution in [1.29, 1.82) is 0 Å². The minimum Gasteiger partial charge on any atom is -0.392 e. The third-order valence-electron chi connectivity index (χ3n) is 2.98. The molecule has 0 aliphatic heterocycles. The molecular formula is C15H17FN2O. The smallest absolute Gasteiger partial charge is 0.142 e. The Labute approximate surface area is 112 Å². The summed E-state index contributed by atoms with van der Waals surface area (Å²) in [5, 5.41) is 9.26. The van der Waals surface area contributed by atoms with E-state index in [-0.39, 0.29) is 6.61 Å². The van der Waals surface area contributed by atoms with Crippen molar-refractivity contribution in [2.45, 2.75) is 20.1 Å². The number of aryl methyl sites for hydroxylation is 1. The summed E-state index contributed by atoms with van der Waals surface area (Å²) in [5.41, 5.74) is 2.85. The van der Waals surface area contributed by atoms with E-state index in [0.29, 0.717) is 17.9 Å². The van der Waals surface area contributed by atoms with Crippen molar-refractivity contribution in [2.75, 3.05) is 11.9 Å². The molecule has 3 nitrogen and oxygen atoms in total. The van der Waals surface area contributed by atoms with Crippen LogP contribution < -0.4 is 4.90 Å². The third-order valence-corrected chi connectivity index (χ3v) is 2.98. The van der Waals surface area contributed by atoms with Crippen LogP contribution >= 0.6 is 0 Å². The Balaban J connectivity index is 2.19. The largest absolute Gasteiger partial charge is 0.392 e. The molecule has 0 unspecified atom stereocenters. The minimum atomic E-state index is -0.434. The lowest BCUT2D eigenvalue weighted by molar-refractivity contribution is 0.281. The van der Waals surface area contributed by atoms with E-state index in [1.807, 2.05) is 43.1 Å². The molecule has 1 heterocycles. The van der Waals surface area contributed by atoms with Crippen LogP contribution in [0.15, 0.2) is 36.5 Å².